The Morgan fingerprint density at radius 1 is 1.16 bits per heavy atom. The highest BCUT2D eigenvalue weighted by atomic mass is 16.3. The summed E-state index contributed by atoms with van der Waals surface area (Å²) in [5.74, 6) is 0.940. The van der Waals surface area contributed by atoms with Gasteiger partial charge in [0.2, 0.25) is 5.91 Å². The summed E-state index contributed by atoms with van der Waals surface area (Å²) in [6.07, 6.45) is 7.57. The highest BCUT2D eigenvalue weighted by Crippen LogP contribution is 2.22. The second kappa shape index (κ2) is 7.25. The molecule has 1 aliphatic carbocycles. The first-order chi connectivity index (χ1) is 9.13. The Morgan fingerprint density at radius 3 is 2.42 bits per heavy atom. The molecular formula is C15H28N2O2. The number of aliphatic hydroxyl groups excluding tert-OH is 1. The number of hydrogen-bond acceptors (Lipinski definition) is 3. The van der Waals surface area contributed by atoms with Crippen LogP contribution in [0.3, 0.4) is 0 Å². The molecule has 0 bridgehead atoms. The third-order valence-electron chi connectivity index (χ3n) is 4.68. The topological polar surface area (TPSA) is 52.6 Å². The van der Waals surface area contributed by atoms with Crippen molar-refractivity contribution >= 4 is 5.91 Å². The Morgan fingerprint density at radius 2 is 1.79 bits per heavy atom. The Bertz CT molecular complexity index is 280. The van der Waals surface area contributed by atoms with E-state index in [0.29, 0.717) is 12.5 Å². The van der Waals surface area contributed by atoms with Crippen LogP contribution in [0.5, 0.6) is 0 Å². The molecule has 1 amide bonds. The number of amides is 1. The first-order valence-electron chi connectivity index (χ1n) is 7.79. The lowest BCUT2D eigenvalue weighted by atomic mass is 9.91. The summed E-state index contributed by atoms with van der Waals surface area (Å²) in [7, 11) is 2.17. The van der Waals surface area contributed by atoms with Crippen LogP contribution in [0.25, 0.3) is 0 Å². The van der Waals surface area contributed by atoms with Crippen LogP contribution >= 0.6 is 0 Å². The molecule has 2 rings (SSSR count). The number of likely N-dealkylation sites (tertiary alicyclic amines) is 1. The second-order valence-corrected chi connectivity index (χ2v) is 6.36. The number of rotatable bonds is 4. The summed E-state index contributed by atoms with van der Waals surface area (Å²) in [6, 6.07) is 0.299. The Labute approximate surface area is 116 Å². The molecule has 0 aromatic carbocycles. The third kappa shape index (κ3) is 5.11. The molecule has 2 N–H and O–H groups in total. The number of nitrogens with zero attached hydrogens (tertiary/aromatic N) is 1. The van der Waals surface area contributed by atoms with Gasteiger partial charge in [-0.3, -0.25) is 4.79 Å². The summed E-state index contributed by atoms with van der Waals surface area (Å²) in [5.41, 5.74) is 0. The Hall–Kier alpha value is -0.610. The SMILES string of the molecule is CN1CCC(CCC(=O)NC2CCC(O)CC2)CC1. The molecule has 0 aromatic rings. The lowest BCUT2D eigenvalue weighted by molar-refractivity contribution is -0.122. The molecule has 1 aliphatic heterocycles. The average molecular weight is 268 g/mol. The first-order valence-corrected chi connectivity index (χ1v) is 7.79. The molecule has 19 heavy (non-hydrogen) atoms. The van der Waals surface area contributed by atoms with E-state index in [1.165, 1.54) is 25.9 Å². The minimum atomic E-state index is -0.146. The van der Waals surface area contributed by atoms with Crippen molar-refractivity contribution in [3.63, 3.8) is 0 Å². The molecule has 4 nitrogen and oxygen atoms in total. The monoisotopic (exact) mass is 268 g/mol. The third-order valence-corrected chi connectivity index (χ3v) is 4.68. The van der Waals surface area contributed by atoms with E-state index < -0.39 is 0 Å². The van der Waals surface area contributed by atoms with E-state index in [4.69, 9.17) is 0 Å². The summed E-state index contributed by atoms with van der Waals surface area (Å²) < 4.78 is 0. The van der Waals surface area contributed by atoms with Gasteiger partial charge in [-0.25, -0.2) is 0 Å². The normalized spacial score (nSPS) is 30.2. The van der Waals surface area contributed by atoms with E-state index >= 15 is 0 Å². The van der Waals surface area contributed by atoms with E-state index in [9.17, 15) is 9.90 Å². The van der Waals surface area contributed by atoms with Crippen LogP contribution in [0.1, 0.15) is 51.4 Å². The number of nitrogens with one attached hydrogen (secondary N) is 1. The lowest BCUT2D eigenvalue weighted by Crippen LogP contribution is -2.39. The molecule has 2 aliphatic rings. The smallest absolute Gasteiger partial charge is 0.220 e. The molecule has 1 saturated carbocycles. The predicted octanol–water partition coefficient (Wildman–Crippen LogP) is 1.53. The summed E-state index contributed by atoms with van der Waals surface area (Å²) >= 11 is 0. The lowest BCUT2D eigenvalue weighted by Gasteiger charge is -2.29. The van der Waals surface area contributed by atoms with E-state index in [2.05, 4.69) is 17.3 Å². The van der Waals surface area contributed by atoms with Crippen molar-refractivity contribution in [2.24, 2.45) is 5.92 Å². The van der Waals surface area contributed by atoms with Gasteiger partial charge in [0.15, 0.2) is 0 Å². The maximum absolute atomic E-state index is 11.9. The van der Waals surface area contributed by atoms with Crippen molar-refractivity contribution in [3.05, 3.63) is 0 Å². The first kappa shape index (κ1) is 14.8. The van der Waals surface area contributed by atoms with E-state index in [0.717, 1.165) is 38.0 Å². The van der Waals surface area contributed by atoms with Gasteiger partial charge in [-0.15, -0.1) is 0 Å². The summed E-state index contributed by atoms with van der Waals surface area (Å²) in [5, 5.41) is 12.6. The standard InChI is InChI=1S/C15H28N2O2/c1-17-10-8-12(9-11-17)2-7-15(19)16-13-3-5-14(18)6-4-13/h12-14,18H,2-11H2,1H3,(H,16,19). The van der Waals surface area contributed by atoms with Crippen LogP contribution in [0.15, 0.2) is 0 Å². The van der Waals surface area contributed by atoms with E-state index in [-0.39, 0.29) is 12.0 Å². The largest absolute Gasteiger partial charge is 0.393 e. The van der Waals surface area contributed by atoms with Gasteiger partial charge in [-0.2, -0.15) is 0 Å². The minimum absolute atomic E-state index is 0.146. The van der Waals surface area contributed by atoms with Gasteiger partial charge >= 0.3 is 0 Å². The number of aliphatic hydroxyl groups is 1. The number of carbonyl (C=O) groups is 1. The van der Waals surface area contributed by atoms with Gasteiger partial charge in [0.25, 0.3) is 0 Å². The highest BCUT2D eigenvalue weighted by molar-refractivity contribution is 5.76. The zero-order valence-corrected chi connectivity index (χ0v) is 12.1. The number of hydrogen-bond donors (Lipinski definition) is 2. The number of carbonyl (C=O) groups excluding carboxylic acids is 1. The van der Waals surface area contributed by atoms with Crippen LogP contribution in [0, 0.1) is 5.92 Å². The van der Waals surface area contributed by atoms with Gasteiger partial charge in [0.1, 0.15) is 0 Å². The Kier molecular flexibility index (Phi) is 5.64. The second-order valence-electron chi connectivity index (χ2n) is 6.36. The van der Waals surface area contributed by atoms with Gasteiger partial charge in [-0.1, -0.05) is 0 Å². The van der Waals surface area contributed by atoms with E-state index in [1.54, 1.807) is 0 Å². The maximum Gasteiger partial charge on any atom is 0.220 e. The zero-order valence-electron chi connectivity index (χ0n) is 12.1. The molecule has 1 saturated heterocycles. The zero-order chi connectivity index (χ0) is 13.7. The molecule has 2 fully saturated rings. The molecular weight excluding hydrogens is 240 g/mol. The molecule has 0 aromatic heterocycles. The quantitative estimate of drug-likeness (QED) is 0.813. The van der Waals surface area contributed by atoms with Crippen molar-refractivity contribution in [2.45, 2.75) is 63.5 Å². The van der Waals surface area contributed by atoms with Crippen LogP contribution in [-0.2, 0) is 4.79 Å². The fourth-order valence-corrected chi connectivity index (χ4v) is 3.21. The minimum Gasteiger partial charge on any atom is -0.393 e. The molecule has 4 heteroatoms. The van der Waals surface area contributed by atoms with Crippen molar-refractivity contribution in [1.29, 1.82) is 0 Å². The van der Waals surface area contributed by atoms with E-state index in [1.807, 2.05) is 0 Å². The predicted molar refractivity (Wildman–Crippen MR) is 75.9 cm³/mol. The molecule has 0 radical (unpaired) electrons. The average Bonchev–Trinajstić information content (AvgIpc) is 2.41. The fraction of sp³-hybridized carbons (Fsp3) is 0.933. The summed E-state index contributed by atoms with van der Waals surface area (Å²) in [4.78, 5) is 14.3. The van der Waals surface area contributed by atoms with Gasteiger partial charge in [0, 0.05) is 12.5 Å². The molecule has 0 unspecified atom stereocenters. The molecule has 1 heterocycles. The van der Waals surface area contributed by atoms with Crippen LogP contribution < -0.4 is 5.32 Å². The van der Waals surface area contributed by atoms with Crippen molar-refractivity contribution in [2.75, 3.05) is 20.1 Å². The molecule has 110 valence electrons. The van der Waals surface area contributed by atoms with Gasteiger partial charge < -0.3 is 15.3 Å². The number of piperidine rings is 1. The van der Waals surface area contributed by atoms with Crippen LogP contribution in [-0.4, -0.2) is 48.2 Å². The van der Waals surface area contributed by atoms with Crippen LogP contribution in [0.2, 0.25) is 0 Å². The molecule has 0 atom stereocenters. The summed E-state index contributed by atoms with van der Waals surface area (Å²) in [6.45, 7) is 2.35. The van der Waals surface area contributed by atoms with Gasteiger partial charge in [-0.05, 0) is 71.0 Å². The van der Waals surface area contributed by atoms with Crippen molar-refractivity contribution in [3.8, 4) is 0 Å². The van der Waals surface area contributed by atoms with Crippen molar-refractivity contribution < 1.29 is 9.90 Å². The van der Waals surface area contributed by atoms with Gasteiger partial charge in [0.05, 0.1) is 6.10 Å². The highest BCUT2D eigenvalue weighted by Gasteiger charge is 2.22. The van der Waals surface area contributed by atoms with Crippen LogP contribution in [0.4, 0.5) is 0 Å². The fourth-order valence-electron chi connectivity index (χ4n) is 3.21. The maximum atomic E-state index is 11.9. The van der Waals surface area contributed by atoms with Crippen molar-refractivity contribution in [1.82, 2.24) is 10.2 Å². The molecule has 0 spiro atoms. The Balaban J connectivity index is 1.59.